The van der Waals surface area contributed by atoms with Crippen molar-refractivity contribution >= 4 is 22.0 Å². The van der Waals surface area contributed by atoms with Crippen LogP contribution in [0.4, 0.5) is 0 Å². The normalized spacial score (nSPS) is 12.6. The molecule has 0 fully saturated rings. The van der Waals surface area contributed by atoms with Gasteiger partial charge in [-0.15, -0.1) is 0 Å². The molecule has 7 nitrogen and oxygen atoms in total. The molecule has 0 spiro atoms. The lowest BCUT2D eigenvalue weighted by Gasteiger charge is -2.15. The van der Waals surface area contributed by atoms with Gasteiger partial charge in [-0.25, -0.2) is 8.42 Å². The van der Waals surface area contributed by atoms with Gasteiger partial charge in [-0.1, -0.05) is 30.3 Å². The van der Waals surface area contributed by atoms with Crippen LogP contribution in [0.25, 0.3) is 0 Å². The molecule has 1 atom stereocenters. The van der Waals surface area contributed by atoms with Crippen molar-refractivity contribution in [3.8, 4) is 0 Å². The summed E-state index contributed by atoms with van der Waals surface area (Å²) in [6.07, 6.45) is 0.0175. The number of carboxylic acids is 1. The van der Waals surface area contributed by atoms with Crippen LogP contribution in [0, 0.1) is 0 Å². The number of benzene rings is 1. The number of ether oxygens (including phenoxy) is 1. The number of nitrogens with one attached hydrogen (secondary N) is 1. The second kappa shape index (κ2) is 7.75. The van der Waals surface area contributed by atoms with Gasteiger partial charge in [0.1, 0.15) is 6.04 Å². The summed E-state index contributed by atoms with van der Waals surface area (Å²) < 4.78 is 30.3. The standard InChI is InChI=1S/C13H17NO6S/c1-20-11(15)8-5-9-21(18,19)14-12(13(16)17)10-6-3-2-4-7-10/h2-4,6-7,12,14H,5,8-9H2,1H3,(H,16,17)/t12-/m1/s1. The number of sulfonamides is 1. The Morgan fingerprint density at radius 1 is 1.29 bits per heavy atom. The molecule has 1 rings (SSSR count). The minimum absolute atomic E-state index is 0.0412. The Labute approximate surface area is 123 Å². The summed E-state index contributed by atoms with van der Waals surface area (Å²) in [6, 6.07) is 6.64. The summed E-state index contributed by atoms with van der Waals surface area (Å²) in [6.45, 7) is 0. The maximum absolute atomic E-state index is 11.9. The molecule has 1 aromatic carbocycles. The molecule has 0 aliphatic rings. The number of hydrogen-bond acceptors (Lipinski definition) is 5. The Bertz CT molecular complexity index is 584. The highest BCUT2D eigenvalue weighted by molar-refractivity contribution is 7.89. The van der Waals surface area contributed by atoms with E-state index in [-0.39, 0.29) is 18.6 Å². The highest BCUT2D eigenvalue weighted by atomic mass is 32.2. The van der Waals surface area contributed by atoms with Gasteiger partial charge in [-0.3, -0.25) is 9.59 Å². The molecule has 21 heavy (non-hydrogen) atoms. The maximum Gasteiger partial charge on any atom is 0.326 e. The first-order valence-electron chi connectivity index (χ1n) is 6.20. The minimum Gasteiger partial charge on any atom is -0.480 e. The van der Waals surface area contributed by atoms with E-state index in [1.807, 2.05) is 0 Å². The van der Waals surface area contributed by atoms with E-state index >= 15 is 0 Å². The number of hydrogen-bond donors (Lipinski definition) is 2. The lowest BCUT2D eigenvalue weighted by atomic mass is 10.1. The summed E-state index contributed by atoms with van der Waals surface area (Å²) in [5.74, 6) is -2.15. The molecule has 0 aliphatic heterocycles. The van der Waals surface area contributed by atoms with Gasteiger partial charge in [0, 0.05) is 6.42 Å². The van der Waals surface area contributed by atoms with Crippen molar-refractivity contribution < 1.29 is 27.9 Å². The van der Waals surface area contributed by atoms with Gasteiger partial charge in [0.05, 0.1) is 12.9 Å². The summed E-state index contributed by atoms with van der Waals surface area (Å²) in [7, 11) is -2.60. The second-order valence-electron chi connectivity index (χ2n) is 4.30. The molecule has 116 valence electrons. The smallest absolute Gasteiger partial charge is 0.326 e. The highest BCUT2D eigenvalue weighted by Gasteiger charge is 2.25. The van der Waals surface area contributed by atoms with Gasteiger partial charge in [-0.05, 0) is 12.0 Å². The minimum atomic E-state index is -3.82. The average Bonchev–Trinajstić information content (AvgIpc) is 2.45. The zero-order valence-electron chi connectivity index (χ0n) is 11.5. The van der Waals surface area contributed by atoms with Crippen molar-refractivity contribution in [1.29, 1.82) is 0 Å². The first-order chi connectivity index (χ1) is 9.85. The van der Waals surface area contributed by atoms with Crippen LogP contribution in [0.15, 0.2) is 30.3 Å². The Kier molecular flexibility index (Phi) is 6.32. The number of carbonyl (C=O) groups excluding carboxylic acids is 1. The summed E-state index contributed by atoms with van der Waals surface area (Å²) >= 11 is 0. The molecular formula is C13H17NO6S. The van der Waals surface area contributed by atoms with E-state index in [0.717, 1.165) is 0 Å². The molecule has 1 aromatic rings. The molecule has 0 bridgehead atoms. The summed E-state index contributed by atoms with van der Waals surface area (Å²) in [5, 5.41) is 9.14. The monoisotopic (exact) mass is 315 g/mol. The first kappa shape index (κ1) is 17.1. The van der Waals surface area contributed by atoms with Crippen molar-refractivity contribution in [3.05, 3.63) is 35.9 Å². The molecule has 0 saturated heterocycles. The van der Waals surface area contributed by atoms with Crippen LogP contribution in [0.1, 0.15) is 24.4 Å². The predicted molar refractivity (Wildman–Crippen MR) is 75.0 cm³/mol. The molecule has 8 heteroatoms. The lowest BCUT2D eigenvalue weighted by Crippen LogP contribution is -2.35. The Morgan fingerprint density at radius 3 is 2.43 bits per heavy atom. The number of rotatable bonds is 8. The Morgan fingerprint density at radius 2 is 1.90 bits per heavy atom. The van der Waals surface area contributed by atoms with Gasteiger partial charge >= 0.3 is 11.9 Å². The fourth-order valence-electron chi connectivity index (χ4n) is 1.65. The van der Waals surface area contributed by atoms with E-state index in [2.05, 4.69) is 9.46 Å². The predicted octanol–water partition coefficient (Wildman–Crippen LogP) is 0.685. The van der Waals surface area contributed by atoms with Crippen molar-refractivity contribution in [2.24, 2.45) is 0 Å². The van der Waals surface area contributed by atoms with Crippen LogP contribution in [0.5, 0.6) is 0 Å². The van der Waals surface area contributed by atoms with E-state index < -0.39 is 28.0 Å². The van der Waals surface area contributed by atoms with Crippen LogP contribution < -0.4 is 4.72 Å². The average molecular weight is 315 g/mol. The van der Waals surface area contributed by atoms with Gasteiger partial charge in [-0.2, -0.15) is 4.72 Å². The fourth-order valence-corrected chi connectivity index (χ4v) is 2.89. The lowest BCUT2D eigenvalue weighted by molar-refractivity contribution is -0.141. The third kappa shape index (κ3) is 5.92. The van der Waals surface area contributed by atoms with Gasteiger partial charge in [0.2, 0.25) is 10.0 Å². The Balaban J connectivity index is 2.70. The summed E-state index contributed by atoms with van der Waals surface area (Å²) in [5.41, 5.74) is 0.335. The molecule has 0 amide bonds. The number of esters is 1. The van der Waals surface area contributed by atoms with Crippen molar-refractivity contribution in [3.63, 3.8) is 0 Å². The van der Waals surface area contributed by atoms with Gasteiger partial charge in [0.15, 0.2) is 0 Å². The molecule has 0 saturated carbocycles. The Hall–Kier alpha value is -1.93. The molecule has 0 radical (unpaired) electrons. The SMILES string of the molecule is COC(=O)CCCS(=O)(=O)N[C@@H](C(=O)O)c1ccccc1. The van der Waals surface area contributed by atoms with Crippen molar-refractivity contribution in [2.75, 3.05) is 12.9 Å². The second-order valence-corrected chi connectivity index (χ2v) is 6.17. The van der Waals surface area contributed by atoms with Crippen LogP contribution in [-0.2, 0) is 24.3 Å². The van der Waals surface area contributed by atoms with E-state index in [4.69, 9.17) is 5.11 Å². The third-order valence-electron chi connectivity index (χ3n) is 2.70. The van der Waals surface area contributed by atoms with Crippen molar-refractivity contribution in [1.82, 2.24) is 4.72 Å². The van der Waals surface area contributed by atoms with E-state index in [9.17, 15) is 18.0 Å². The van der Waals surface area contributed by atoms with E-state index in [0.29, 0.717) is 5.56 Å². The van der Waals surface area contributed by atoms with Gasteiger partial charge in [0.25, 0.3) is 0 Å². The zero-order chi connectivity index (χ0) is 15.9. The molecule has 0 unspecified atom stereocenters. The van der Waals surface area contributed by atoms with Crippen LogP contribution >= 0.6 is 0 Å². The largest absolute Gasteiger partial charge is 0.480 e. The zero-order valence-corrected chi connectivity index (χ0v) is 12.3. The summed E-state index contributed by atoms with van der Waals surface area (Å²) in [4.78, 5) is 22.1. The van der Waals surface area contributed by atoms with Crippen LogP contribution in [0.2, 0.25) is 0 Å². The first-order valence-corrected chi connectivity index (χ1v) is 7.85. The number of methoxy groups -OCH3 is 1. The highest BCUT2D eigenvalue weighted by Crippen LogP contribution is 2.14. The molecule has 0 aromatic heterocycles. The maximum atomic E-state index is 11.9. The molecular weight excluding hydrogens is 298 g/mol. The number of carboxylic acid groups (broad SMARTS) is 1. The van der Waals surface area contributed by atoms with Crippen LogP contribution in [0.3, 0.4) is 0 Å². The van der Waals surface area contributed by atoms with Gasteiger partial charge < -0.3 is 9.84 Å². The molecule has 2 N–H and O–H groups in total. The molecule has 0 aliphatic carbocycles. The number of aliphatic carboxylic acids is 1. The van der Waals surface area contributed by atoms with E-state index in [1.54, 1.807) is 18.2 Å². The third-order valence-corrected chi connectivity index (χ3v) is 4.12. The van der Waals surface area contributed by atoms with E-state index in [1.165, 1.54) is 19.2 Å². The topological polar surface area (TPSA) is 110 Å². The fraction of sp³-hybridized carbons (Fsp3) is 0.385. The molecule has 0 heterocycles. The number of carbonyl (C=O) groups is 2. The quantitative estimate of drug-likeness (QED) is 0.683. The van der Waals surface area contributed by atoms with Crippen LogP contribution in [-0.4, -0.2) is 38.3 Å². The van der Waals surface area contributed by atoms with Crippen molar-refractivity contribution in [2.45, 2.75) is 18.9 Å².